The van der Waals surface area contributed by atoms with Gasteiger partial charge in [0.1, 0.15) is 5.75 Å². The first-order chi connectivity index (χ1) is 9.41. The highest BCUT2D eigenvalue weighted by atomic mass is 79.9. The summed E-state index contributed by atoms with van der Waals surface area (Å²) in [5.41, 5.74) is 2.24. The van der Waals surface area contributed by atoms with Crippen molar-refractivity contribution in [3.8, 4) is 5.75 Å². The van der Waals surface area contributed by atoms with Crippen LogP contribution in [-0.2, 0) is 6.42 Å². The van der Waals surface area contributed by atoms with Gasteiger partial charge in [-0.05, 0) is 42.0 Å². The molecule has 1 aromatic carbocycles. The molecule has 0 saturated heterocycles. The van der Waals surface area contributed by atoms with Gasteiger partial charge in [-0.2, -0.15) is 0 Å². The lowest BCUT2D eigenvalue weighted by atomic mass is 9.83. The molecule has 1 atom stereocenters. The van der Waals surface area contributed by atoms with E-state index in [4.69, 9.17) is 4.74 Å². The number of ketones is 1. The second-order valence-electron chi connectivity index (χ2n) is 6.62. The molecule has 0 spiro atoms. The van der Waals surface area contributed by atoms with Crippen LogP contribution in [0.5, 0.6) is 5.75 Å². The second-order valence-corrected chi connectivity index (χ2v) is 7.27. The predicted molar refractivity (Wildman–Crippen MR) is 85.9 cm³/mol. The minimum atomic E-state index is 0.216. The number of Topliss-reactive ketones (excluding diaryl/α,β-unsaturated/α-hetero) is 1. The van der Waals surface area contributed by atoms with Crippen LogP contribution in [-0.4, -0.2) is 17.7 Å². The summed E-state index contributed by atoms with van der Waals surface area (Å²) in [5, 5.41) is 0.930. The van der Waals surface area contributed by atoms with E-state index in [2.05, 4.69) is 36.7 Å². The number of alkyl halides is 1. The summed E-state index contributed by atoms with van der Waals surface area (Å²) >= 11 is 3.57. The van der Waals surface area contributed by atoms with Gasteiger partial charge in [0.05, 0.1) is 6.61 Å². The summed E-state index contributed by atoms with van der Waals surface area (Å²) in [4.78, 5) is 11.8. The molecule has 2 rings (SSSR count). The van der Waals surface area contributed by atoms with E-state index in [1.54, 1.807) is 0 Å². The highest BCUT2D eigenvalue weighted by Crippen LogP contribution is 2.30. The molecule has 1 aromatic rings. The van der Waals surface area contributed by atoms with Gasteiger partial charge in [0.15, 0.2) is 5.78 Å². The Balaban J connectivity index is 2.06. The lowest BCUT2D eigenvalue weighted by Crippen LogP contribution is -2.28. The Morgan fingerprint density at radius 3 is 2.70 bits per heavy atom. The summed E-state index contributed by atoms with van der Waals surface area (Å²) < 4.78 is 5.95. The van der Waals surface area contributed by atoms with Crippen LogP contribution in [0.15, 0.2) is 18.2 Å². The Hall–Kier alpha value is -0.830. The molecular formula is C17H23BrO2. The highest BCUT2D eigenvalue weighted by molar-refractivity contribution is 9.09. The standard InChI is InChI=1S/C17H23BrO2/c1-17(2,3)13(10-18)11-20-14-7-8-15-12(9-14)5-4-6-16(15)19/h7-9,13H,4-6,10-11H2,1-3H3. The van der Waals surface area contributed by atoms with Gasteiger partial charge >= 0.3 is 0 Å². The first-order valence-electron chi connectivity index (χ1n) is 7.26. The number of halogens is 1. The van der Waals surface area contributed by atoms with Crippen LogP contribution in [0.4, 0.5) is 0 Å². The summed E-state index contributed by atoms with van der Waals surface area (Å²) in [7, 11) is 0. The van der Waals surface area contributed by atoms with Crippen LogP contribution in [0.3, 0.4) is 0 Å². The van der Waals surface area contributed by atoms with E-state index >= 15 is 0 Å². The first kappa shape index (κ1) is 15.6. The molecule has 1 aliphatic carbocycles. The lowest BCUT2D eigenvalue weighted by Gasteiger charge is -2.29. The zero-order chi connectivity index (χ0) is 14.8. The van der Waals surface area contributed by atoms with Crippen molar-refractivity contribution in [2.75, 3.05) is 11.9 Å². The molecule has 0 N–H and O–H groups in total. The summed E-state index contributed by atoms with van der Waals surface area (Å²) in [6.07, 6.45) is 2.63. The third kappa shape index (κ3) is 3.63. The van der Waals surface area contributed by atoms with Crippen LogP contribution in [0.1, 0.15) is 49.5 Å². The Kier molecular flexibility index (Phi) is 4.90. The third-order valence-electron chi connectivity index (χ3n) is 4.09. The van der Waals surface area contributed by atoms with E-state index < -0.39 is 0 Å². The largest absolute Gasteiger partial charge is 0.493 e. The molecule has 3 heteroatoms. The van der Waals surface area contributed by atoms with E-state index in [1.165, 1.54) is 0 Å². The number of fused-ring (bicyclic) bond motifs is 1. The monoisotopic (exact) mass is 338 g/mol. The maximum absolute atomic E-state index is 11.8. The van der Waals surface area contributed by atoms with Crippen molar-refractivity contribution < 1.29 is 9.53 Å². The van der Waals surface area contributed by atoms with Crippen molar-refractivity contribution >= 4 is 21.7 Å². The molecule has 0 aliphatic heterocycles. The van der Waals surface area contributed by atoms with Crippen molar-refractivity contribution in [2.24, 2.45) is 11.3 Å². The van der Waals surface area contributed by atoms with Crippen LogP contribution in [0.25, 0.3) is 0 Å². The predicted octanol–water partition coefficient (Wildman–Crippen LogP) is 4.64. The molecule has 0 bridgehead atoms. The van der Waals surface area contributed by atoms with E-state index in [9.17, 15) is 4.79 Å². The maximum Gasteiger partial charge on any atom is 0.163 e. The fourth-order valence-electron chi connectivity index (χ4n) is 2.44. The average molecular weight is 339 g/mol. The van der Waals surface area contributed by atoms with Gasteiger partial charge in [-0.1, -0.05) is 36.7 Å². The number of benzene rings is 1. The van der Waals surface area contributed by atoms with Crippen LogP contribution < -0.4 is 4.74 Å². The van der Waals surface area contributed by atoms with E-state index in [-0.39, 0.29) is 11.2 Å². The fourth-order valence-corrected chi connectivity index (χ4v) is 3.59. The summed E-state index contributed by atoms with van der Waals surface area (Å²) in [5.74, 6) is 1.61. The van der Waals surface area contributed by atoms with Gasteiger partial charge in [-0.3, -0.25) is 4.79 Å². The van der Waals surface area contributed by atoms with Gasteiger partial charge in [-0.15, -0.1) is 0 Å². The van der Waals surface area contributed by atoms with Gasteiger partial charge in [-0.25, -0.2) is 0 Å². The lowest BCUT2D eigenvalue weighted by molar-refractivity contribution is 0.0972. The molecule has 2 nitrogen and oxygen atoms in total. The molecule has 0 heterocycles. The minimum absolute atomic E-state index is 0.216. The number of carbonyl (C=O) groups excluding carboxylic acids is 1. The summed E-state index contributed by atoms with van der Waals surface area (Å²) in [6.45, 7) is 7.39. The number of hydrogen-bond acceptors (Lipinski definition) is 2. The Bertz CT molecular complexity index is 488. The van der Waals surface area contributed by atoms with Crippen molar-refractivity contribution in [3.63, 3.8) is 0 Å². The second kappa shape index (κ2) is 6.30. The van der Waals surface area contributed by atoms with E-state index in [1.807, 2.05) is 18.2 Å². The van der Waals surface area contributed by atoms with Crippen LogP contribution >= 0.6 is 15.9 Å². The van der Waals surface area contributed by atoms with Gasteiger partial charge < -0.3 is 4.74 Å². The first-order valence-corrected chi connectivity index (χ1v) is 8.39. The molecule has 1 aliphatic rings. The molecule has 0 fully saturated rings. The third-order valence-corrected chi connectivity index (χ3v) is 4.87. The molecular weight excluding hydrogens is 316 g/mol. The molecule has 1 unspecified atom stereocenters. The van der Waals surface area contributed by atoms with E-state index in [0.717, 1.165) is 35.0 Å². The Labute approximate surface area is 130 Å². The fraction of sp³-hybridized carbons (Fsp3) is 0.588. The zero-order valence-corrected chi connectivity index (χ0v) is 14.1. The SMILES string of the molecule is CC(C)(C)C(CBr)COc1ccc2c(c1)CCCC2=O. The van der Waals surface area contributed by atoms with Gasteiger partial charge in [0.25, 0.3) is 0 Å². The van der Waals surface area contributed by atoms with Crippen molar-refractivity contribution in [3.05, 3.63) is 29.3 Å². The Morgan fingerprint density at radius 1 is 1.30 bits per heavy atom. The molecule has 0 radical (unpaired) electrons. The molecule has 110 valence electrons. The van der Waals surface area contributed by atoms with Crippen LogP contribution in [0, 0.1) is 11.3 Å². The van der Waals surface area contributed by atoms with Gasteiger partial charge in [0, 0.05) is 23.2 Å². The smallest absolute Gasteiger partial charge is 0.163 e. The number of aryl methyl sites for hydroxylation is 1. The molecule has 0 aromatic heterocycles. The number of rotatable bonds is 4. The Morgan fingerprint density at radius 2 is 2.05 bits per heavy atom. The topological polar surface area (TPSA) is 26.3 Å². The van der Waals surface area contributed by atoms with Gasteiger partial charge in [0.2, 0.25) is 0 Å². The van der Waals surface area contributed by atoms with Crippen molar-refractivity contribution in [1.82, 2.24) is 0 Å². The normalized spacial score (nSPS) is 16.7. The van der Waals surface area contributed by atoms with Crippen LogP contribution in [0.2, 0.25) is 0 Å². The summed E-state index contributed by atoms with van der Waals surface area (Å²) in [6, 6.07) is 5.89. The highest BCUT2D eigenvalue weighted by Gasteiger charge is 2.24. The maximum atomic E-state index is 11.8. The number of hydrogen-bond donors (Lipinski definition) is 0. The molecule has 20 heavy (non-hydrogen) atoms. The average Bonchev–Trinajstić information content (AvgIpc) is 2.38. The van der Waals surface area contributed by atoms with E-state index in [0.29, 0.717) is 18.9 Å². The molecule has 0 saturated carbocycles. The zero-order valence-electron chi connectivity index (χ0n) is 12.5. The quantitative estimate of drug-likeness (QED) is 0.747. The number of ether oxygens (including phenoxy) is 1. The number of carbonyl (C=O) groups is 1. The minimum Gasteiger partial charge on any atom is -0.493 e. The van der Waals surface area contributed by atoms with Crippen molar-refractivity contribution in [1.29, 1.82) is 0 Å². The molecule has 0 amide bonds. The van der Waals surface area contributed by atoms with Crippen molar-refractivity contribution in [2.45, 2.75) is 40.0 Å².